The van der Waals surface area contributed by atoms with E-state index in [9.17, 15) is 17.1 Å². The Kier molecular flexibility index (Phi) is 4.47. The monoisotopic (exact) mass is 287 g/mol. The first-order chi connectivity index (χ1) is 8.80. The number of hydrogen-bond acceptors (Lipinski definition) is 5. The first-order valence-corrected chi connectivity index (χ1v) is 6.34. The van der Waals surface area contributed by atoms with Crippen molar-refractivity contribution in [3.8, 4) is 5.75 Å². The minimum Gasteiger partial charge on any atom is -0.358 e. The number of carbonyl (C=O) groups excluding carboxylic acids is 1. The molecule has 1 rings (SSSR count). The van der Waals surface area contributed by atoms with E-state index in [-0.39, 0.29) is 29.0 Å². The molecule has 0 saturated heterocycles. The Morgan fingerprint density at radius 3 is 2.58 bits per heavy atom. The molecule has 0 spiro atoms. The maximum atomic E-state index is 12.6. The molecule has 0 aromatic heterocycles. The lowest BCUT2D eigenvalue weighted by atomic mass is 9.99. The highest BCUT2D eigenvalue weighted by atomic mass is 32.3. The average molecular weight is 287 g/mol. The van der Waals surface area contributed by atoms with E-state index >= 15 is 0 Å². The third-order valence-electron chi connectivity index (χ3n) is 2.54. The van der Waals surface area contributed by atoms with Gasteiger partial charge < -0.3 is 4.18 Å². The maximum absolute atomic E-state index is 12.6. The predicted molar refractivity (Wildman–Crippen MR) is 64.8 cm³/mol. The van der Waals surface area contributed by atoms with Gasteiger partial charge in [-0.05, 0) is 36.6 Å². The van der Waals surface area contributed by atoms with Gasteiger partial charge in [-0.3, -0.25) is 4.79 Å². The van der Waals surface area contributed by atoms with E-state index in [1.807, 2.05) is 0 Å². The second-order valence-electron chi connectivity index (χ2n) is 3.69. The van der Waals surface area contributed by atoms with Crippen LogP contribution >= 0.6 is 0 Å². The first kappa shape index (κ1) is 14.9. The van der Waals surface area contributed by atoms with E-state index in [0.29, 0.717) is 11.8 Å². The molecule has 7 nitrogen and oxygen atoms in total. The van der Waals surface area contributed by atoms with Gasteiger partial charge in [0.1, 0.15) is 6.29 Å². The molecule has 0 heterocycles. The summed E-state index contributed by atoms with van der Waals surface area (Å²) in [7, 11) is -5.20. The van der Waals surface area contributed by atoms with Gasteiger partial charge in [-0.1, -0.05) is 9.00 Å². The van der Waals surface area contributed by atoms with Gasteiger partial charge in [0.25, 0.3) is 0 Å². The van der Waals surface area contributed by atoms with Gasteiger partial charge in [0.15, 0.2) is 5.75 Å². The van der Waals surface area contributed by atoms with Gasteiger partial charge in [0.2, 0.25) is 0 Å². The fourth-order valence-electron chi connectivity index (χ4n) is 1.58. The molecule has 1 aromatic rings. The summed E-state index contributed by atoms with van der Waals surface area (Å²) in [5, 5.41) is 3.31. The molecule has 102 valence electrons. The van der Waals surface area contributed by atoms with E-state index in [1.165, 1.54) is 19.9 Å². The topological polar surface area (TPSA) is 109 Å². The van der Waals surface area contributed by atoms with Crippen LogP contribution in [0.15, 0.2) is 11.2 Å². The van der Waals surface area contributed by atoms with Gasteiger partial charge in [-0.15, -0.1) is 0 Å². The molecular weight excluding hydrogens is 277 g/mol. The fourth-order valence-corrected chi connectivity index (χ4v) is 2.03. The van der Waals surface area contributed by atoms with Crippen LogP contribution in [-0.4, -0.2) is 14.7 Å². The highest BCUT2D eigenvalue weighted by molar-refractivity contribution is 7.81. The van der Waals surface area contributed by atoms with Crippen molar-refractivity contribution in [3.05, 3.63) is 38.8 Å². The number of azide groups is 1. The summed E-state index contributed by atoms with van der Waals surface area (Å²) in [6.07, 6.45) is 0.478. The molecule has 9 heteroatoms. The number of halogens is 1. The van der Waals surface area contributed by atoms with Crippen molar-refractivity contribution in [1.29, 1.82) is 0 Å². The fraction of sp³-hybridized carbons (Fsp3) is 0.300. The van der Waals surface area contributed by atoms with Crippen LogP contribution in [0.5, 0.6) is 5.75 Å². The lowest BCUT2D eigenvalue weighted by molar-refractivity contribution is 0.112. The van der Waals surface area contributed by atoms with Crippen molar-refractivity contribution in [2.75, 3.05) is 0 Å². The summed E-state index contributed by atoms with van der Waals surface area (Å²) in [6, 6.07) is 1.43. The van der Waals surface area contributed by atoms with Gasteiger partial charge in [-0.2, -0.15) is 8.42 Å². The number of rotatable bonds is 5. The Hall–Kier alpha value is -2.12. The quantitative estimate of drug-likeness (QED) is 0.272. The Morgan fingerprint density at radius 1 is 1.47 bits per heavy atom. The summed E-state index contributed by atoms with van der Waals surface area (Å²) in [4.78, 5) is 13.4. The van der Waals surface area contributed by atoms with Crippen LogP contribution in [0.25, 0.3) is 10.4 Å². The lowest BCUT2D eigenvalue weighted by Gasteiger charge is -2.13. The first-order valence-electron chi connectivity index (χ1n) is 5.03. The number of benzene rings is 1. The second-order valence-corrected chi connectivity index (χ2v) is 4.64. The zero-order valence-electron chi connectivity index (χ0n) is 10.1. The van der Waals surface area contributed by atoms with Crippen molar-refractivity contribution >= 4 is 16.8 Å². The maximum Gasteiger partial charge on any atom is 0.488 e. The Balaban J connectivity index is 3.50. The van der Waals surface area contributed by atoms with Crippen molar-refractivity contribution in [1.82, 2.24) is 0 Å². The molecular formula is C10H10FN3O4S. The lowest BCUT2D eigenvalue weighted by Crippen LogP contribution is -2.07. The van der Waals surface area contributed by atoms with Gasteiger partial charge in [0, 0.05) is 16.0 Å². The van der Waals surface area contributed by atoms with Gasteiger partial charge in [0.05, 0.1) is 6.54 Å². The average Bonchev–Trinajstić information content (AvgIpc) is 2.32. The summed E-state index contributed by atoms with van der Waals surface area (Å²) >= 11 is 0. The molecule has 0 aliphatic heterocycles. The Bertz CT molecular complexity index is 666. The predicted octanol–water partition coefficient (Wildman–Crippen LogP) is 2.52. The van der Waals surface area contributed by atoms with E-state index in [2.05, 4.69) is 14.2 Å². The molecule has 19 heavy (non-hydrogen) atoms. The van der Waals surface area contributed by atoms with Gasteiger partial charge in [-0.25, -0.2) is 0 Å². The van der Waals surface area contributed by atoms with Crippen molar-refractivity contribution < 1.29 is 21.3 Å². The second kappa shape index (κ2) is 5.68. The standard InChI is InChI=1S/C10H10FN3O4S/c1-6-8(4-13-14-12)3-9(5-15)7(2)10(6)18-19(11,16)17/h3,5H,4H2,1-2H3. The molecule has 0 atom stereocenters. The molecule has 0 amide bonds. The highest BCUT2D eigenvalue weighted by Crippen LogP contribution is 2.30. The molecule has 1 aromatic carbocycles. The normalized spacial score (nSPS) is 10.7. The van der Waals surface area contributed by atoms with E-state index < -0.39 is 10.5 Å². The summed E-state index contributed by atoms with van der Waals surface area (Å²) < 4.78 is 38.0. The molecule has 0 radical (unpaired) electrons. The molecule has 0 saturated carbocycles. The number of nitrogens with zero attached hydrogens (tertiary/aromatic N) is 3. The smallest absolute Gasteiger partial charge is 0.358 e. The summed E-state index contributed by atoms with van der Waals surface area (Å²) in [6.45, 7) is 2.80. The highest BCUT2D eigenvalue weighted by Gasteiger charge is 2.19. The number of carbonyl (C=O) groups is 1. The van der Waals surface area contributed by atoms with Crippen molar-refractivity contribution in [3.63, 3.8) is 0 Å². The van der Waals surface area contributed by atoms with Crippen LogP contribution in [0.4, 0.5) is 3.89 Å². The molecule has 0 aliphatic carbocycles. The van der Waals surface area contributed by atoms with Crippen LogP contribution in [-0.2, 0) is 17.0 Å². The third kappa shape index (κ3) is 3.67. The van der Waals surface area contributed by atoms with Crippen LogP contribution in [0.2, 0.25) is 0 Å². The van der Waals surface area contributed by atoms with Crippen LogP contribution in [0, 0.1) is 13.8 Å². The number of aldehydes is 1. The largest absolute Gasteiger partial charge is 0.488 e. The van der Waals surface area contributed by atoms with Crippen molar-refractivity contribution in [2.24, 2.45) is 5.11 Å². The molecule has 0 fully saturated rings. The summed E-state index contributed by atoms with van der Waals surface area (Å²) in [5.41, 5.74) is 9.25. The van der Waals surface area contributed by atoms with Crippen LogP contribution < -0.4 is 4.18 Å². The van der Waals surface area contributed by atoms with E-state index in [0.717, 1.165) is 0 Å². The minimum atomic E-state index is -5.20. The zero-order valence-corrected chi connectivity index (χ0v) is 10.9. The summed E-state index contributed by atoms with van der Waals surface area (Å²) in [5.74, 6) is -0.268. The Labute approximate surface area is 109 Å². The van der Waals surface area contributed by atoms with Crippen molar-refractivity contribution in [2.45, 2.75) is 20.4 Å². The molecule has 0 N–H and O–H groups in total. The Morgan fingerprint density at radius 2 is 2.11 bits per heavy atom. The van der Waals surface area contributed by atoms with Gasteiger partial charge >= 0.3 is 10.5 Å². The zero-order chi connectivity index (χ0) is 14.6. The van der Waals surface area contributed by atoms with Crippen LogP contribution in [0.1, 0.15) is 27.0 Å². The van der Waals surface area contributed by atoms with E-state index in [4.69, 9.17) is 5.53 Å². The molecule has 0 bridgehead atoms. The van der Waals surface area contributed by atoms with E-state index in [1.54, 1.807) is 0 Å². The third-order valence-corrected chi connectivity index (χ3v) is 2.91. The number of hydrogen-bond donors (Lipinski definition) is 0. The van der Waals surface area contributed by atoms with Crippen LogP contribution in [0.3, 0.4) is 0 Å². The molecule has 0 aliphatic rings. The minimum absolute atomic E-state index is 0.105. The SMILES string of the molecule is Cc1c(C=O)cc(CN=[N+]=[N-])c(C)c1OS(=O)(=O)F. The molecule has 0 unspecified atom stereocenters.